The molecule has 1 aromatic carbocycles. The van der Waals surface area contributed by atoms with Gasteiger partial charge in [-0.2, -0.15) is 8.75 Å². The summed E-state index contributed by atoms with van der Waals surface area (Å²) >= 11 is 3.08. The van der Waals surface area contributed by atoms with Gasteiger partial charge in [-0.25, -0.2) is 0 Å². The second kappa shape index (κ2) is 7.88. The Bertz CT molecular complexity index is 804. The first-order chi connectivity index (χ1) is 12.3. The molecule has 0 spiro atoms. The van der Waals surface area contributed by atoms with E-state index < -0.39 is 0 Å². The molecule has 1 atom stereocenters. The monoisotopic (exact) mass is 374 g/mol. The molecule has 3 heterocycles. The van der Waals surface area contributed by atoms with Gasteiger partial charge in [-0.3, -0.25) is 9.80 Å². The number of aromatic nitrogens is 2. The third-order valence-electron chi connectivity index (χ3n) is 4.81. The van der Waals surface area contributed by atoms with Gasteiger partial charge in [0.25, 0.3) is 0 Å². The Morgan fingerprint density at radius 3 is 2.88 bits per heavy atom. The highest BCUT2D eigenvalue weighted by Crippen LogP contribution is 2.21. The van der Waals surface area contributed by atoms with E-state index in [0.717, 1.165) is 50.2 Å². The summed E-state index contributed by atoms with van der Waals surface area (Å²) in [7, 11) is 0. The quantitative estimate of drug-likeness (QED) is 0.719. The number of aliphatic hydroxyl groups is 1. The molecule has 7 heteroatoms. The van der Waals surface area contributed by atoms with Crippen LogP contribution in [0.1, 0.15) is 16.9 Å². The fourth-order valence-corrected chi connectivity index (χ4v) is 4.77. The average Bonchev–Trinajstić information content (AvgIpc) is 3.28. The molecule has 25 heavy (non-hydrogen) atoms. The van der Waals surface area contributed by atoms with Crippen LogP contribution >= 0.6 is 23.1 Å². The Labute approximate surface area is 155 Å². The van der Waals surface area contributed by atoms with Crippen LogP contribution in [0.15, 0.2) is 35.7 Å². The molecule has 0 saturated carbocycles. The second-order valence-corrected chi connectivity index (χ2v) is 8.10. The van der Waals surface area contributed by atoms with Gasteiger partial charge < -0.3 is 5.11 Å². The highest BCUT2D eigenvalue weighted by Gasteiger charge is 2.26. The van der Waals surface area contributed by atoms with E-state index in [2.05, 4.69) is 54.3 Å². The molecule has 2 aromatic heterocycles. The summed E-state index contributed by atoms with van der Waals surface area (Å²) in [4.78, 5) is 6.41. The number of piperazine rings is 1. The van der Waals surface area contributed by atoms with E-state index in [4.69, 9.17) is 0 Å². The zero-order valence-corrected chi connectivity index (χ0v) is 15.7. The van der Waals surface area contributed by atoms with Crippen molar-refractivity contribution in [2.24, 2.45) is 0 Å². The maximum absolute atomic E-state index is 9.48. The number of hydrogen-bond acceptors (Lipinski definition) is 7. The van der Waals surface area contributed by atoms with Crippen LogP contribution in [-0.4, -0.2) is 55.9 Å². The van der Waals surface area contributed by atoms with Crippen molar-refractivity contribution in [1.82, 2.24) is 18.5 Å². The minimum Gasteiger partial charge on any atom is -0.396 e. The topological polar surface area (TPSA) is 52.5 Å². The van der Waals surface area contributed by atoms with Gasteiger partial charge in [0.05, 0.1) is 11.7 Å². The van der Waals surface area contributed by atoms with E-state index >= 15 is 0 Å². The molecule has 0 amide bonds. The van der Waals surface area contributed by atoms with Crippen molar-refractivity contribution in [2.75, 3.05) is 26.2 Å². The maximum atomic E-state index is 9.48. The van der Waals surface area contributed by atoms with Gasteiger partial charge in [-0.1, -0.05) is 12.1 Å². The van der Waals surface area contributed by atoms with Gasteiger partial charge in [0.2, 0.25) is 0 Å². The normalized spacial score (nSPS) is 19.6. The van der Waals surface area contributed by atoms with Crippen LogP contribution in [0.25, 0.3) is 11.0 Å². The van der Waals surface area contributed by atoms with E-state index in [1.165, 1.54) is 22.2 Å². The lowest BCUT2D eigenvalue weighted by Crippen LogP contribution is -2.52. The number of aliphatic hydroxyl groups excluding tert-OH is 1. The predicted octanol–water partition coefficient (Wildman–Crippen LogP) is 2.82. The molecule has 0 radical (unpaired) electrons. The van der Waals surface area contributed by atoms with Crippen LogP contribution < -0.4 is 0 Å². The van der Waals surface area contributed by atoms with E-state index in [1.807, 2.05) is 11.3 Å². The second-order valence-electron chi connectivity index (χ2n) is 6.54. The van der Waals surface area contributed by atoms with Gasteiger partial charge in [0.1, 0.15) is 11.0 Å². The molecule has 4 rings (SSSR count). The molecule has 5 nitrogen and oxygen atoms in total. The largest absolute Gasteiger partial charge is 0.396 e. The molecule has 3 aromatic rings. The van der Waals surface area contributed by atoms with Gasteiger partial charge in [-0.05, 0) is 35.6 Å². The molecule has 1 N–H and O–H groups in total. The van der Waals surface area contributed by atoms with E-state index in [-0.39, 0.29) is 6.61 Å². The summed E-state index contributed by atoms with van der Waals surface area (Å²) in [6.45, 7) is 5.27. The number of hydrogen-bond donors (Lipinski definition) is 1. The lowest BCUT2D eigenvalue weighted by Gasteiger charge is -2.41. The Hall–Kier alpha value is -1.38. The summed E-state index contributed by atoms with van der Waals surface area (Å²) in [5.74, 6) is 0. The third-order valence-corrected chi connectivity index (χ3v) is 6.23. The number of rotatable bonds is 6. The number of nitrogens with zero attached hydrogens (tertiary/aromatic N) is 4. The first-order valence-electron chi connectivity index (χ1n) is 8.62. The third kappa shape index (κ3) is 4.07. The molecule has 1 saturated heterocycles. The number of thiophene rings is 1. The van der Waals surface area contributed by atoms with E-state index in [0.29, 0.717) is 6.04 Å². The number of fused-ring (bicyclic) bond motifs is 1. The lowest BCUT2D eigenvalue weighted by atomic mass is 10.1. The minimum absolute atomic E-state index is 0.246. The minimum atomic E-state index is 0.246. The molecule has 1 unspecified atom stereocenters. The van der Waals surface area contributed by atoms with Crippen molar-refractivity contribution >= 4 is 34.1 Å². The van der Waals surface area contributed by atoms with Gasteiger partial charge in [-0.15, -0.1) is 11.3 Å². The zero-order valence-electron chi connectivity index (χ0n) is 14.0. The van der Waals surface area contributed by atoms with Crippen LogP contribution in [0, 0.1) is 0 Å². The Kier molecular flexibility index (Phi) is 5.38. The molecule has 1 aliphatic rings. The first kappa shape index (κ1) is 17.1. The van der Waals surface area contributed by atoms with E-state index in [9.17, 15) is 5.11 Å². The molecule has 1 fully saturated rings. The molecule has 132 valence electrons. The van der Waals surface area contributed by atoms with Gasteiger partial charge in [0, 0.05) is 50.2 Å². The smallest absolute Gasteiger partial charge is 0.105 e. The van der Waals surface area contributed by atoms with Crippen LogP contribution in [0.4, 0.5) is 0 Å². The molecule has 1 aliphatic heterocycles. The maximum Gasteiger partial charge on any atom is 0.105 e. The average molecular weight is 375 g/mol. The van der Waals surface area contributed by atoms with Crippen molar-refractivity contribution in [3.63, 3.8) is 0 Å². The van der Waals surface area contributed by atoms with Crippen LogP contribution in [0.5, 0.6) is 0 Å². The standard InChI is InChI=1S/C18H22N4OS2/c23-8-5-15-12-21(6-7-22(15)13-16-2-1-9-24-16)11-14-3-4-17-18(10-14)20-25-19-17/h1-4,9-10,15,23H,5-8,11-13H2. The molecular formula is C18H22N4OS2. The van der Waals surface area contributed by atoms with Crippen LogP contribution in [0.2, 0.25) is 0 Å². The Morgan fingerprint density at radius 1 is 1.12 bits per heavy atom. The molecule has 0 bridgehead atoms. The van der Waals surface area contributed by atoms with E-state index in [1.54, 1.807) is 0 Å². The van der Waals surface area contributed by atoms with Crippen molar-refractivity contribution in [3.8, 4) is 0 Å². The molecular weight excluding hydrogens is 352 g/mol. The van der Waals surface area contributed by atoms with Crippen molar-refractivity contribution < 1.29 is 5.11 Å². The van der Waals surface area contributed by atoms with Crippen molar-refractivity contribution in [1.29, 1.82) is 0 Å². The Morgan fingerprint density at radius 2 is 2.04 bits per heavy atom. The predicted molar refractivity (Wildman–Crippen MR) is 103 cm³/mol. The SMILES string of the molecule is OCCC1CN(Cc2ccc3nsnc3c2)CCN1Cc1cccs1. The summed E-state index contributed by atoms with van der Waals surface area (Å²) < 4.78 is 8.61. The fourth-order valence-electron chi connectivity index (χ4n) is 3.52. The highest BCUT2D eigenvalue weighted by molar-refractivity contribution is 7.09. The van der Waals surface area contributed by atoms with Crippen LogP contribution in [-0.2, 0) is 13.1 Å². The summed E-state index contributed by atoms with van der Waals surface area (Å²) in [5.41, 5.74) is 3.26. The van der Waals surface area contributed by atoms with Gasteiger partial charge in [0.15, 0.2) is 0 Å². The lowest BCUT2D eigenvalue weighted by molar-refractivity contribution is 0.0507. The first-order valence-corrected chi connectivity index (χ1v) is 10.2. The van der Waals surface area contributed by atoms with Crippen molar-refractivity contribution in [3.05, 3.63) is 46.2 Å². The Balaban J connectivity index is 1.41. The summed E-state index contributed by atoms with van der Waals surface area (Å²) in [6, 6.07) is 11.1. The fraction of sp³-hybridized carbons (Fsp3) is 0.444. The summed E-state index contributed by atoms with van der Waals surface area (Å²) in [5, 5.41) is 11.6. The number of benzene rings is 1. The van der Waals surface area contributed by atoms with Crippen LogP contribution in [0.3, 0.4) is 0 Å². The zero-order chi connectivity index (χ0) is 17.1. The highest BCUT2D eigenvalue weighted by atomic mass is 32.1. The van der Waals surface area contributed by atoms with Crippen molar-refractivity contribution in [2.45, 2.75) is 25.6 Å². The summed E-state index contributed by atoms with van der Waals surface area (Å²) in [6.07, 6.45) is 0.830. The molecule has 0 aliphatic carbocycles. The van der Waals surface area contributed by atoms with Gasteiger partial charge >= 0.3 is 0 Å².